The van der Waals surface area contributed by atoms with Crippen LogP contribution in [0.15, 0.2) is 0 Å². The van der Waals surface area contributed by atoms with E-state index in [0.717, 1.165) is 6.42 Å². The van der Waals surface area contributed by atoms with E-state index in [2.05, 4.69) is 10.6 Å². The first kappa shape index (κ1) is 15.1. The summed E-state index contributed by atoms with van der Waals surface area (Å²) in [6.45, 7) is 4.86. The van der Waals surface area contributed by atoms with E-state index in [4.69, 9.17) is 5.11 Å². The maximum atomic E-state index is 11.6. The molecular formula is C12H22N2O3S. The Balaban J connectivity index is 2.31. The number of nitrogens with one attached hydrogen (secondary N) is 2. The highest BCUT2D eigenvalue weighted by atomic mass is 32.2. The predicted molar refractivity (Wildman–Crippen MR) is 72.9 cm³/mol. The van der Waals surface area contributed by atoms with Crippen molar-refractivity contribution < 1.29 is 14.7 Å². The summed E-state index contributed by atoms with van der Waals surface area (Å²) in [7, 11) is 0. The van der Waals surface area contributed by atoms with Crippen LogP contribution >= 0.6 is 11.8 Å². The van der Waals surface area contributed by atoms with Crippen LogP contribution in [-0.4, -0.2) is 41.2 Å². The zero-order chi connectivity index (χ0) is 13.8. The van der Waals surface area contributed by atoms with Gasteiger partial charge in [0.05, 0.1) is 5.41 Å². The van der Waals surface area contributed by atoms with Crippen molar-refractivity contribution in [3.8, 4) is 0 Å². The molecule has 1 aliphatic rings. The first-order valence-corrected chi connectivity index (χ1v) is 7.34. The maximum absolute atomic E-state index is 11.6. The van der Waals surface area contributed by atoms with Gasteiger partial charge in [-0.25, -0.2) is 4.79 Å². The summed E-state index contributed by atoms with van der Waals surface area (Å²) in [6.07, 6.45) is 4.22. The summed E-state index contributed by atoms with van der Waals surface area (Å²) >= 11 is 1.68. The van der Waals surface area contributed by atoms with Crippen molar-refractivity contribution in [2.24, 2.45) is 5.41 Å². The van der Waals surface area contributed by atoms with Crippen molar-refractivity contribution in [1.82, 2.24) is 10.6 Å². The SMILES string of the molecule is CSC(C)(C)CNC(=O)NCC1(C(=O)O)CCC1. The van der Waals surface area contributed by atoms with Gasteiger partial charge in [-0.2, -0.15) is 11.8 Å². The summed E-state index contributed by atoms with van der Waals surface area (Å²) < 4.78 is -0.0156. The molecule has 104 valence electrons. The molecule has 5 nitrogen and oxygen atoms in total. The van der Waals surface area contributed by atoms with Gasteiger partial charge in [0, 0.05) is 17.8 Å². The van der Waals surface area contributed by atoms with Gasteiger partial charge in [0.25, 0.3) is 0 Å². The van der Waals surface area contributed by atoms with Crippen molar-refractivity contribution in [2.45, 2.75) is 37.9 Å². The van der Waals surface area contributed by atoms with E-state index in [1.807, 2.05) is 20.1 Å². The number of rotatable bonds is 6. The van der Waals surface area contributed by atoms with Crippen LogP contribution < -0.4 is 10.6 Å². The molecule has 1 aliphatic carbocycles. The monoisotopic (exact) mass is 274 g/mol. The summed E-state index contributed by atoms with van der Waals surface area (Å²) in [5.74, 6) is -0.807. The molecule has 0 unspecified atom stereocenters. The van der Waals surface area contributed by atoms with E-state index in [0.29, 0.717) is 19.4 Å². The average molecular weight is 274 g/mol. The second kappa shape index (κ2) is 5.82. The topological polar surface area (TPSA) is 78.4 Å². The van der Waals surface area contributed by atoms with Gasteiger partial charge in [0.1, 0.15) is 0 Å². The minimum Gasteiger partial charge on any atom is -0.481 e. The zero-order valence-electron chi connectivity index (χ0n) is 11.2. The number of hydrogen-bond donors (Lipinski definition) is 3. The molecule has 0 bridgehead atoms. The molecule has 6 heteroatoms. The lowest BCUT2D eigenvalue weighted by molar-refractivity contribution is -0.153. The van der Waals surface area contributed by atoms with Crippen molar-refractivity contribution >= 4 is 23.8 Å². The van der Waals surface area contributed by atoms with Crippen LogP contribution in [0, 0.1) is 5.41 Å². The third-order valence-corrected chi connectivity index (χ3v) is 4.83. The molecule has 1 saturated carbocycles. The van der Waals surface area contributed by atoms with E-state index in [9.17, 15) is 9.59 Å². The Morgan fingerprint density at radius 2 is 1.94 bits per heavy atom. The van der Waals surface area contributed by atoms with Crippen molar-refractivity contribution in [3.63, 3.8) is 0 Å². The van der Waals surface area contributed by atoms with Crippen LogP contribution in [-0.2, 0) is 4.79 Å². The molecule has 1 rings (SSSR count). The quantitative estimate of drug-likeness (QED) is 0.688. The average Bonchev–Trinajstić information content (AvgIpc) is 2.24. The van der Waals surface area contributed by atoms with Crippen LogP contribution in [0.5, 0.6) is 0 Å². The Morgan fingerprint density at radius 3 is 2.33 bits per heavy atom. The Hall–Kier alpha value is -0.910. The van der Waals surface area contributed by atoms with Gasteiger partial charge in [-0.3, -0.25) is 4.79 Å². The van der Waals surface area contributed by atoms with Crippen molar-refractivity contribution in [1.29, 1.82) is 0 Å². The second-order valence-corrected chi connectivity index (χ2v) is 6.95. The normalized spacial score (nSPS) is 17.7. The molecule has 2 amide bonds. The number of carboxylic acids is 1. The second-order valence-electron chi connectivity index (χ2n) is 5.44. The lowest BCUT2D eigenvalue weighted by Gasteiger charge is -2.37. The van der Waals surface area contributed by atoms with Crippen LogP contribution in [0.1, 0.15) is 33.1 Å². The van der Waals surface area contributed by atoms with E-state index in [1.165, 1.54) is 0 Å². The fourth-order valence-corrected chi connectivity index (χ4v) is 1.96. The first-order chi connectivity index (χ1) is 8.31. The Kier molecular flexibility index (Phi) is 4.90. The van der Waals surface area contributed by atoms with Gasteiger partial charge in [-0.05, 0) is 32.9 Å². The fourth-order valence-electron chi connectivity index (χ4n) is 1.75. The third kappa shape index (κ3) is 3.80. The van der Waals surface area contributed by atoms with Gasteiger partial charge < -0.3 is 15.7 Å². The summed E-state index contributed by atoms with van der Waals surface area (Å²) in [5, 5.41) is 14.6. The first-order valence-electron chi connectivity index (χ1n) is 6.12. The lowest BCUT2D eigenvalue weighted by Crippen LogP contribution is -2.50. The maximum Gasteiger partial charge on any atom is 0.314 e. The van der Waals surface area contributed by atoms with Crippen LogP contribution in [0.3, 0.4) is 0 Å². The van der Waals surface area contributed by atoms with E-state index >= 15 is 0 Å². The fraction of sp³-hybridized carbons (Fsp3) is 0.833. The van der Waals surface area contributed by atoms with E-state index < -0.39 is 11.4 Å². The number of carbonyl (C=O) groups excluding carboxylic acids is 1. The van der Waals surface area contributed by atoms with Gasteiger partial charge in [-0.1, -0.05) is 6.42 Å². The lowest BCUT2D eigenvalue weighted by atomic mass is 9.69. The van der Waals surface area contributed by atoms with E-state index in [1.54, 1.807) is 11.8 Å². The molecular weight excluding hydrogens is 252 g/mol. The van der Waals surface area contributed by atoms with Crippen molar-refractivity contribution in [2.75, 3.05) is 19.3 Å². The molecule has 0 aromatic carbocycles. The van der Waals surface area contributed by atoms with Gasteiger partial charge in [0.15, 0.2) is 0 Å². The Bertz CT molecular complexity index is 327. The molecule has 3 N–H and O–H groups in total. The number of aliphatic carboxylic acids is 1. The molecule has 0 saturated heterocycles. The van der Waals surface area contributed by atoms with Crippen LogP contribution in [0.4, 0.5) is 4.79 Å². The highest BCUT2D eigenvalue weighted by Gasteiger charge is 2.44. The van der Waals surface area contributed by atoms with Crippen LogP contribution in [0.25, 0.3) is 0 Å². The standard InChI is InChI=1S/C12H22N2O3S/c1-11(2,18-3)7-13-10(17)14-8-12(9(15)16)5-4-6-12/h4-8H2,1-3H3,(H,15,16)(H2,13,14,17). The number of thioether (sulfide) groups is 1. The smallest absolute Gasteiger partial charge is 0.314 e. The highest BCUT2D eigenvalue weighted by Crippen LogP contribution is 2.40. The number of carbonyl (C=O) groups is 2. The molecule has 18 heavy (non-hydrogen) atoms. The number of urea groups is 1. The molecule has 0 spiro atoms. The number of carboxylic acid groups (broad SMARTS) is 1. The third-order valence-electron chi connectivity index (χ3n) is 3.58. The molecule has 0 aliphatic heterocycles. The van der Waals surface area contributed by atoms with Gasteiger partial charge >= 0.3 is 12.0 Å². The summed E-state index contributed by atoms with van der Waals surface area (Å²) in [5.41, 5.74) is -0.730. The summed E-state index contributed by atoms with van der Waals surface area (Å²) in [4.78, 5) is 22.7. The van der Waals surface area contributed by atoms with Gasteiger partial charge in [0.2, 0.25) is 0 Å². The molecule has 0 heterocycles. The van der Waals surface area contributed by atoms with Crippen LogP contribution in [0.2, 0.25) is 0 Å². The number of hydrogen-bond acceptors (Lipinski definition) is 3. The summed E-state index contributed by atoms with van der Waals surface area (Å²) in [6, 6.07) is -0.287. The molecule has 0 radical (unpaired) electrons. The Labute approximate surface area is 112 Å². The highest BCUT2D eigenvalue weighted by molar-refractivity contribution is 7.99. The molecule has 0 aromatic heterocycles. The largest absolute Gasteiger partial charge is 0.481 e. The van der Waals surface area contributed by atoms with Gasteiger partial charge in [-0.15, -0.1) is 0 Å². The van der Waals surface area contributed by atoms with E-state index in [-0.39, 0.29) is 17.3 Å². The molecule has 1 fully saturated rings. The molecule has 0 atom stereocenters. The predicted octanol–water partition coefficient (Wildman–Crippen LogP) is 1.68. The van der Waals surface area contributed by atoms with Crippen molar-refractivity contribution in [3.05, 3.63) is 0 Å². The minimum absolute atomic E-state index is 0.0156. The molecule has 0 aromatic rings. The minimum atomic E-state index is -0.807. The zero-order valence-corrected chi connectivity index (χ0v) is 12.0. The Morgan fingerprint density at radius 1 is 1.33 bits per heavy atom. The number of amides is 2.